The summed E-state index contributed by atoms with van der Waals surface area (Å²) < 4.78 is 23.0. The van der Waals surface area contributed by atoms with E-state index in [9.17, 15) is 9.59 Å². The van der Waals surface area contributed by atoms with Crippen LogP contribution in [0.1, 0.15) is 53.1 Å². The van der Waals surface area contributed by atoms with Gasteiger partial charge in [-0.2, -0.15) is 0 Å². The van der Waals surface area contributed by atoms with Crippen LogP contribution in [0.3, 0.4) is 0 Å². The molecule has 0 aliphatic heterocycles. The zero-order chi connectivity index (χ0) is 32.5. The smallest absolute Gasteiger partial charge is 0.333 e. The minimum atomic E-state index is -1.01. The van der Waals surface area contributed by atoms with Gasteiger partial charge in [0.1, 0.15) is 17.9 Å². The van der Waals surface area contributed by atoms with Crippen LogP contribution in [0.2, 0.25) is 0 Å². The van der Waals surface area contributed by atoms with E-state index in [-0.39, 0.29) is 31.0 Å². The predicted molar refractivity (Wildman–Crippen MR) is 178 cm³/mol. The number of hydrogen-bond acceptors (Lipinski definition) is 7. The van der Waals surface area contributed by atoms with E-state index in [0.29, 0.717) is 24.5 Å². The Bertz CT molecular complexity index is 1950. The number of nitrogens with one attached hydrogen (secondary N) is 1. The van der Waals surface area contributed by atoms with Crippen LogP contribution in [0, 0.1) is 11.3 Å². The largest absolute Gasteiger partial charge is 0.489 e. The van der Waals surface area contributed by atoms with Crippen molar-refractivity contribution in [2.45, 2.75) is 45.1 Å². The van der Waals surface area contributed by atoms with E-state index in [4.69, 9.17) is 24.4 Å². The molecule has 240 valence electrons. The van der Waals surface area contributed by atoms with Crippen molar-refractivity contribution in [1.29, 1.82) is 0 Å². The van der Waals surface area contributed by atoms with E-state index in [2.05, 4.69) is 29.6 Å². The van der Waals surface area contributed by atoms with Gasteiger partial charge in [-0.05, 0) is 77.4 Å². The molecule has 5 aromatic rings. The number of nitrogens with two attached hydrogens (primary N) is 1. The van der Waals surface area contributed by atoms with E-state index in [1.807, 2.05) is 60.7 Å². The van der Waals surface area contributed by atoms with Gasteiger partial charge in [0.2, 0.25) is 5.91 Å². The summed E-state index contributed by atoms with van der Waals surface area (Å²) in [5.74, 6) is 0.242. The molecule has 3 N–H and O–H groups in total. The lowest BCUT2D eigenvalue weighted by Crippen LogP contribution is -2.38. The number of para-hydroxylation sites is 1. The summed E-state index contributed by atoms with van der Waals surface area (Å²) in [6, 6.07) is 28.6. The molecule has 8 heteroatoms. The van der Waals surface area contributed by atoms with Crippen LogP contribution in [0.4, 0.5) is 0 Å². The maximum atomic E-state index is 13.9. The standard InChI is InChI=1S/C39H38N2O6/c1-3-45-37(42)35(41-38(43)39-20-32(39)34(39)28-11-7-9-25(17-28)22-44-2)30-12-4-5-13-33(30)47-23-26-18-29-14-15-46-36(29)31(19-26)27-10-6-8-24(16-27)21-40/h4-19,32,34-35H,3,20-23,40H2,1-2H3,(H,41,43)/t32?,34-,35?,39-/m1/s1. The monoisotopic (exact) mass is 630 g/mol. The first-order chi connectivity index (χ1) is 23.0. The summed E-state index contributed by atoms with van der Waals surface area (Å²) in [6.07, 6.45) is 2.48. The normalized spacial score (nSPS) is 19.9. The summed E-state index contributed by atoms with van der Waals surface area (Å²) in [5, 5.41) is 4.01. The molecule has 7 rings (SSSR count). The van der Waals surface area contributed by atoms with Crippen molar-refractivity contribution in [2.75, 3.05) is 13.7 Å². The highest BCUT2D eigenvalue weighted by atomic mass is 16.5. The Hall–Kier alpha value is -4.92. The zero-order valence-corrected chi connectivity index (χ0v) is 26.5. The number of amides is 1. The predicted octanol–water partition coefficient (Wildman–Crippen LogP) is 6.81. The molecule has 1 aromatic heterocycles. The lowest BCUT2D eigenvalue weighted by atomic mass is 9.94. The molecule has 0 radical (unpaired) electrons. The lowest BCUT2D eigenvalue weighted by molar-refractivity contribution is -0.148. The van der Waals surface area contributed by atoms with Crippen LogP contribution in [0.5, 0.6) is 5.75 Å². The number of rotatable bonds is 13. The van der Waals surface area contributed by atoms with Gasteiger partial charge in [0.25, 0.3) is 0 Å². The Labute approximate surface area is 273 Å². The summed E-state index contributed by atoms with van der Waals surface area (Å²) in [7, 11) is 1.67. The van der Waals surface area contributed by atoms with Crippen LogP contribution in [-0.4, -0.2) is 25.6 Å². The van der Waals surface area contributed by atoms with Gasteiger partial charge in [-0.3, -0.25) is 4.79 Å². The molecule has 47 heavy (non-hydrogen) atoms. The molecule has 8 nitrogen and oxygen atoms in total. The first-order valence-electron chi connectivity index (χ1n) is 16.0. The van der Waals surface area contributed by atoms with E-state index in [0.717, 1.165) is 50.8 Å². The Morgan fingerprint density at radius 3 is 2.60 bits per heavy atom. The molecule has 0 saturated heterocycles. The number of carbonyl (C=O) groups is 2. The van der Waals surface area contributed by atoms with Crippen molar-refractivity contribution in [3.05, 3.63) is 125 Å². The Balaban J connectivity index is 1.13. The molecule has 2 aliphatic rings. The number of furan rings is 1. The van der Waals surface area contributed by atoms with Crippen LogP contribution >= 0.6 is 0 Å². The van der Waals surface area contributed by atoms with Gasteiger partial charge in [-0.1, -0.05) is 60.7 Å². The van der Waals surface area contributed by atoms with Crippen LogP contribution in [0.15, 0.2) is 102 Å². The van der Waals surface area contributed by atoms with E-state index in [1.165, 1.54) is 0 Å². The zero-order valence-electron chi connectivity index (χ0n) is 26.5. The third-order valence-corrected chi connectivity index (χ3v) is 9.46. The van der Waals surface area contributed by atoms with Crippen molar-refractivity contribution in [1.82, 2.24) is 5.32 Å². The van der Waals surface area contributed by atoms with Crippen molar-refractivity contribution in [3.63, 3.8) is 0 Å². The lowest BCUT2D eigenvalue weighted by Gasteiger charge is -2.22. The molecule has 1 heterocycles. The van der Waals surface area contributed by atoms with Gasteiger partial charge in [0.05, 0.1) is 24.9 Å². The van der Waals surface area contributed by atoms with Crippen molar-refractivity contribution in [2.24, 2.45) is 17.1 Å². The fraction of sp³-hybridized carbons (Fsp3) is 0.282. The molecular formula is C39H38N2O6. The van der Waals surface area contributed by atoms with Crippen molar-refractivity contribution < 1.29 is 28.2 Å². The number of carbonyl (C=O) groups excluding carboxylic acids is 2. The maximum absolute atomic E-state index is 13.9. The Morgan fingerprint density at radius 1 is 0.957 bits per heavy atom. The molecule has 2 aliphatic carbocycles. The first kappa shape index (κ1) is 30.7. The van der Waals surface area contributed by atoms with Crippen LogP contribution in [0.25, 0.3) is 22.1 Å². The number of hydrogen-bond donors (Lipinski definition) is 2. The Kier molecular flexibility index (Phi) is 8.30. The number of methoxy groups -OCH3 is 1. The number of benzene rings is 4. The molecule has 0 spiro atoms. The van der Waals surface area contributed by atoms with Crippen LogP contribution in [-0.2, 0) is 38.8 Å². The minimum Gasteiger partial charge on any atom is -0.489 e. The highest BCUT2D eigenvalue weighted by molar-refractivity contribution is 5.96. The molecule has 4 atom stereocenters. The third-order valence-electron chi connectivity index (χ3n) is 9.46. The minimum absolute atomic E-state index is 0.131. The SMILES string of the molecule is CCOC(=O)C(NC(=O)[C@]12CC1[C@H]2c1cccc(COC)c1)c1ccccc1OCc1cc(-c2cccc(CN)c2)c2occc2c1. The molecular weight excluding hydrogens is 592 g/mol. The molecule has 0 bridgehead atoms. The fourth-order valence-corrected chi connectivity index (χ4v) is 6.96. The highest BCUT2D eigenvalue weighted by Gasteiger charge is 2.83. The second-order valence-corrected chi connectivity index (χ2v) is 12.4. The topological polar surface area (TPSA) is 113 Å². The maximum Gasteiger partial charge on any atom is 0.333 e. The Morgan fingerprint density at radius 2 is 1.79 bits per heavy atom. The molecule has 2 fully saturated rings. The average molecular weight is 631 g/mol. The van der Waals surface area contributed by atoms with Crippen molar-refractivity contribution >= 4 is 22.8 Å². The first-order valence-corrected chi connectivity index (χ1v) is 16.0. The van der Waals surface area contributed by atoms with E-state index < -0.39 is 17.4 Å². The number of esters is 1. The summed E-state index contributed by atoms with van der Waals surface area (Å²) in [5.41, 5.74) is 12.9. The van der Waals surface area contributed by atoms with Gasteiger partial charge in [-0.15, -0.1) is 0 Å². The van der Waals surface area contributed by atoms with E-state index >= 15 is 0 Å². The summed E-state index contributed by atoms with van der Waals surface area (Å²) in [6.45, 7) is 3.14. The van der Waals surface area contributed by atoms with Gasteiger partial charge in [0, 0.05) is 36.1 Å². The highest BCUT2D eigenvalue weighted by Crippen LogP contribution is 2.84. The van der Waals surface area contributed by atoms with Crippen LogP contribution < -0.4 is 15.8 Å². The van der Waals surface area contributed by atoms with Gasteiger partial charge in [0.15, 0.2) is 6.04 Å². The second-order valence-electron chi connectivity index (χ2n) is 12.4. The molecule has 1 amide bonds. The average Bonchev–Trinajstić information content (AvgIpc) is 3.92. The van der Waals surface area contributed by atoms with Crippen molar-refractivity contribution in [3.8, 4) is 16.9 Å². The number of fused-ring (bicyclic) bond motifs is 2. The van der Waals surface area contributed by atoms with Gasteiger partial charge < -0.3 is 29.7 Å². The van der Waals surface area contributed by atoms with E-state index in [1.54, 1.807) is 26.4 Å². The van der Waals surface area contributed by atoms with Gasteiger partial charge >= 0.3 is 5.97 Å². The molecule has 2 unspecified atom stereocenters. The fourth-order valence-electron chi connectivity index (χ4n) is 6.96. The summed E-state index contributed by atoms with van der Waals surface area (Å²) >= 11 is 0. The summed E-state index contributed by atoms with van der Waals surface area (Å²) in [4.78, 5) is 27.2. The number of ether oxygens (including phenoxy) is 3. The second kappa shape index (κ2) is 12.7. The third kappa shape index (κ3) is 5.79. The molecule has 2 saturated carbocycles. The van der Waals surface area contributed by atoms with Gasteiger partial charge in [-0.25, -0.2) is 4.79 Å². The molecule has 4 aromatic carbocycles. The quantitative estimate of drug-likeness (QED) is 0.138.